The van der Waals surface area contributed by atoms with Crippen molar-refractivity contribution < 1.29 is 4.52 Å². The van der Waals surface area contributed by atoms with E-state index in [4.69, 9.17) is 4.52 Å². The quantitative estimate of drug-likeness (QED) is 0.908. The number of hydrogen-bond donors (Lipinski definition) is 1. The molecule has 0 spiro atoms. The standard InChI is InChI=1S/C14H23N5O/c1-10(2)13-17-12(20-18-13)9-19-7-6-15-11(19)8-16-14(3,4)5/h6-7,10,16H,8-9H2,1-5H3. The van der Waals surface area contributed by atoms with E-state index < -0.39 is 0 Å². The van der Waals surface area contributed by atoms with Gasteiger partial charge >= 0.3 is 0 Å². The molecule has 2 rings (SSSR count). The second-order valence-corrected chi connectivity index (χ2v) is 6.28. The van der Waals surface area contributed by atoms with Crippen molar-refractivity contribution in [2.75, 3.05) is 0 Å². The van der Waals surface area contributed by atoms with Crippen LogP contribution in [-0.2, 0) is 13.1 Å². The van der Waals surface area contributed by atoms with Gasteiger partial charge < -0.3 is 14.4 Å². The highest BCUT2D eigenvalue weighted by Gasteiger charge is 2.14. The Balaban J connectivity index is 2.04. The minimum atomic E-state index is 0.0616. The van der Waals surface area contributed by atoms with Crippen LogP contribution in [0.1, 0.15) is 58.1 Å². The van der Waals surface area contributed by atoms with E-state index in [1.807, 2.05) is 24.6 Å². The molecular weight excluding hydrogens is 254 g/mol. The summed E-state index contributed by atoms with van der Waals surface area (Å²) in [4.78, 5) is 8.76. The van der Waals surface area contributed by atoms with E-state index in [0.29, 0.717) is 19.0 Å². The SMILES string of the molecule is CC(C)c1noc(Cn2ccnc2CNC(C)(C)C)n1. The van der Waals surface area contributed by atoms with E-state index >= 15 is 0 Å². The van der Waals surface area contributed by atoms with Crippen LogP contribution in [0.4, 0.5) is 0 Å². The van der Waals surface area contributed by atoms with Crippen molar-refractivity contribution in [1.82, 2.24) is 25.0 Å². The third kappa shape index (κ3) is 3.90. The Morgan fingerprint density at radius 2 is 2.10 bits per heavy atom. The average molecular weight is 277 g/mol. The van der Waals surface area contributed by atoms with Crippen LogP contribution in [0.2, 0.25) is 0 Å². The first kappa shape index (κ1) is 14.7. The molecule has 0 saturated heterocycles. The van der Waals surface area contributed by atoms with Gasteiger partial charge in [0.15, 0.2) is 5.82 Å². The zero-order chi connectivity index (χ0) is 14.8. The van der Waals surface area contributed by atoms with Gasteiger partial charge in [0.05, 0.1) is 6.54 Å². The molecule has 2 heterocycles. The van der Waals surface area contributed by atoms with Gasteiger partial charge in [-0.2, -0.15) is 4.98 Å². The zero-order valence-electron chi connectivity index (χ0n) is 12.8. The molecule has 6 nitrogen and oxygen atoms in total. The molecule has 0 aliphatic carbocycles. The van der Waals surface area contributed by atoms with E-state index in [0.717, 1.165) is 11.6 Å². The van der Waals surface area contributed by atoms with Crippen LogP contribution < -0.4 is 5.32 Å². The lowest BCUT2D eigenvalue weighted by molar-refractivity contribution is 0.360. The summed E-state index contributed by atoms with van der Waals surface area (Å²) in [5, 5.41) is 7.40. The first-order valence-corrected chi connectivity index (χ1v) is 6.92. The summed E-state index contributed by atoms with van der Waals surface area (Å²) in [6, 6.07) is 0. The Bertz CT molecular complexity index is 550. The average Bonchev–Trinajstić information content (AvgIpc) is 2.95. The van der Waals surface area contributed by atoms with Crippen molar-refractivity contribution in [2.45, 2.75) is 59.2 Å². The molecular formula is C14H23N5O. The van der Waals surface area contributed by atoms with Crippen molar-refractivity contribution >= 4 is 0 Å². The normalized spacial score (nSPS) is 12.3. The van der Waals surface area contributed by atoms with E-state index in [1.165, 1.54) is 0 Å². The molecule has 1 N–H and O–H groups in total. The highest BCUT2D eigenvalue weighted by atomic mass is 16.5. The predicted octanol–water partition coefficient (Wildman–Crippen LogP) is 2.33. The van der Waals surface area contributed by atoms with E-state index in [2.05, 4.69) is 41.2 Å². The highest BCUT2D eigenvalue weighted by Crippen LogP contribution is 2.11. The molecule has 0 aliphatic rings. The summed E-state index contributed by atoms with van der Waals surface area (Å²) in [6.07, 6.45) is 3.72. The largest absolute Gasteiger partial charge is 0.337 e. The van der Waals surface area contributed by atoms with Gasteiger partial charge in [0.2, 0.25) is 5.89 Å². The molecule has 0 fully saturated rings. The molecule has 0 amide bonds. The van der Waals surface area contributed by atoms with Crippen LogP contribution in [0.25, 0.3) is 0 Å². The van der Waals surface area contributed by atoms with Crippen LogP contribution in [-0.4, -0.2) is 25.2 Å². The smallest absolute Gasteiger partial charge is 0.246 e. The fraction of sp³-hybridized carbons (Fsp3) is 0.643. The Morgan fingerprint density at radius 3 is 2.70 bits per heavy atom. The zero-order valence-corrected chi connectivity index (χ0v) is 12.8. The highest BCUT2D eigenvalue weighted by molar-refractivity contribution is 4.98. The first-order chi connectivity index (χ1) is 9.35. The fourth-order valence-electron chi connectivity index (χ4n) is 1.71. The number of rotatable bonds is 5. The van der Waals surface area contributed by atoms with Gasteiger partial charge in [-0.3, -0.25) is 0 Å². The number of hydrogen-bond acceptors (Lipinski definition) is 5. The summed E-state index contributed by atoms with van der Waals surface area (Å²) in [6.45, 7) is 11.8. The van der Waals surface area contributed by atoms with E-state index in [-0.39, 0.29) is 11.5 Å². The van der Waals surface area contributed by atoms with Gasteiger partial charge in [0.25, 0.3) is 0 Å². The molecule has 0 unspecified atom stereocenters. The predicted molar refractivity (Wildman–Crippen MR) is 76.3 cm³/mol. The van der Waals surface area contributed by atoms with Gasteiger partial charge in [-0.15, -0.1) is 0 Å². The van der Waals surface area contributed by atoms with Crippen molar-refractivity contribution in [3.63, 3.8) is 0 Å². The lowest BCUT2D eigenvalue weighted by Crippen LogP contribution is -2.36. The van der Waals surface area contributed by atoms with Gasteiger partial charge in [-0.1, -0.05) is 19.0 Å². The summed E-state index contributed by atoms with van der Waals surface area (Å²) >= 11 is 0. The Hall–Kier alpha value is -1.69. The molecule has 6 heteroatoms. The van der Waals surface area contributed by atoms with Crippen molar-refractivity contribution in [3.8, 4) is 0 Å². The molecule has 0 aliphatic heterocycles. The minimum absolute atomic E-state index is 0.0616. The summed E-state index contributed by atoms with van der Waals surface area (Å²) in [7, 11) is 0. The number of aromatic nitrogens is 4. The Morgan fingerprint density at radius 1 is 1.35 bits per heavy atom. The van der Waals surface area contributed by atoms with Crippen molar-refractivity contribution in [1.29, 1.82) is 0 Å². The molecule has 2 aromatic heterocycles. The van der Waals surface area contributed by atoms with E-state index in [1.54, 1.807) is 6.20 Å². The van der Waals surface area contributed by atoms with Crippen LogP contribution >= 0.6 is 0 Å². The molecule has 0 aromatic carbocycles. The minimum Gasteiger partial charge on any atom is -0.337 e. The molecule has 0 bridgehead atoms. The molecule has 0 radical (unpaired) electrons. The van der Waals surface area contributed by atoms with Crippen molar-refractivity contribution in [3.05, 3.63) is 29.9 Å². The second-order valence-electron chi connectivity index (χ2n) is 6.28. The summed E-state index contributed by atoms with van der Waals surface area (Å²) < 4.78 is 7.29. The van der Waals surface area contributed by atoms with Gasteiger partial charge in [-0.25, -0.2) is 4.98 Å². The van der Waals surface area contributed by atoms with E-state index in [9.17, 15) is 0 Å². The van der Waals surface area contributed by atoms with Gasteiger partial charge in [0, 0.05) is 23.9 Å². The maximum Gasteiger partial charge on any atom is 0.246 e. The maximum absolute atomic E-state index is 5.27. The van der Waals surface area contributed by atoms with Crippen LogP contribution in [0, 0.1) is 0 Å². The molecule has 110 valence electrons. The molecule has 0 atom stereocenters. The number of nitrogens with one attached hydrogen (secondary N) is 1. The van der Waals surface area contributed by atoms with Crippen LogP contribution in [0.3, 0.4) is 0 Å². The molecule has 2 aromatic rings. The topological polar surface area (TPSA) is 68.8 Å². The second kappa shape index (κ2) is 5.75. The summed E-state index contributed by atoms with van der Waals surface area (Å²) in [5.74, 6) is 2.60. The lowest BCUT2D eigenvalue weighted by atomic mass is 10.1. The van der Waals surface area contributed by atoms with Crippen LogP contribution in [0.15, 0.2) is 16.9 Å². The van der Waals surface area contributed by atoms with Gasteiger partial charge in [0.1, 0.15) is 12.4 Å². The molecule has 0 saturated carbocycles. The lowest BCUT2D eigenvalue weighted by Gasteiger charge is -2.20. The van der Waals surface area contributed by atoms with Crippen molar-refractivity contribution in [2.24, 2.45) is 0 Å². The Kier molecular flexibility index (Phi) is 4.23. The third-order valence-corrected chi connectivity index (χ3v) is 2.88. The summed E-state index contributed by atoms with van der Waals surface area (Å²) in [5.41, 5.74) is 0.0616. The first-order valence-electron chi connectivity index (χ1n) is 6.92. The fourth-order valence-corrected chi connectivity index (χ4v) is 1.71. The third-order valence-electron chi connectivity index (χ3n) is 2.88. The maximum atomic E-state index is 5.27. The number of imidazole rings is 1. The Labute approximate surface area is 119 Å². The monoisotopic (exact) mass is 277 g/mol. The van der Waals surface area contributed by atoms with Gasteiger partial charge in [-0.05, 0) is 20.8 Å². The number of nitrogens with zero attached hydrogens (tertiary/aromatic N) is 4. The van der Waals surface area contributed by atoms with Crippen LogP contribution in [0.5, 0.6) is 0 Å². The molecule has 20 heavy (non-hydrogen) atoms.